The fourth-order valence-electron chi connectivity index (χ4n) is 2.75. The van der Waals surface area contributed by atoms with Gasteiger partial charge in [0.2, 0.25) is 0 Å². The predicted molar refractivity (Wildman–Crippen MR) is 83.8 cm³/mol. The van der Waals surface area contributed by atoms with Gasteiger partial charge in [-0.3, -0.25) is 0 Å². The lowest BCUT2D eigenvalue weighted by Crippen LogP contribution is -2.41. The van der Waals surface area contributed by atoms with Gasteiger partial charge in [-0.1, -0.05) is 0 Å². The smallest absolute Gasteiger partial charge is 0.339 e. The number of pyridine rings is 1. The fraction of sp³-hybridized carbons (Fsp3) is 0.625. The molecule has 5 nitrogen and oxygen atoms in total. The van der Waals surface area contributed by atoms with E-state index < -0.39 is 0 Å². The van der Waals surface area contributed by atoms with Gasteiger partial charge < -0.3 is 15.0 Å². The summed E-state index contributed by atoms with van der Waals surface area (Å²) in [5, 5.41) is 3.52. The van der Waals surface area contributed by atoms with Gasteiger partial charge in [-0.2, -0.15) is 0 Å². The maximum absolute atomic E-state index is 11.6. The molecular weight excluding hydrogens is 266 g/mol. The van der Waals surface area contributed by atoms with E-state index in [9.17, 15) is 4.79 Å². The lowest BCUT2D eigenvalue weighted by molar-refractivity contribution is 0.0599. The number of methoxy groups -OCH3 is 1. The molecule has 1 aromatic rings. The highest BCUT2D eigenvalue weighted by atomic mass is 16.5. The summed E-state index contributed by atoms with van der Waals surface area (Å²) in [5.74, 6) is 0.587. The molecule has 5 heteroatoms. The standard InChI is InChI=1S/C16H25N3O2/c1-11(2)19(10-13-6-5-9-17-13)15-8-7-14(12(3)18-15)16(20)21-4/h7-8,11,13,17H,5-6,9-10H2,1-4H3. The highest BCUT2D eigenvalue weighted by Crippen LogP contribution is 2.20. The summed E-state index contributed by atoms with van der Waals surface area (Å²) in [5.41, 5.74) is 1.24. The second kappa shape index (κ2) is 6.89. The molecule has 0 bridgehead atoms. The summed E-state index contributed by atoms with van der Waals surface area (Å²) in [4.78, 5) is 18.5. The Bertz CT molecular complexity index is 496. The van der Waals surface area contributed by atoms with Crippen LogP contribution in [0.1, 0.15) is 42.7 Å². The largest absolute Gasteiger partial charge is 0.465 e. The molecule has 0 radical (unpaired) electrons. The topological polar surface area (TPSA) is 54.5 Å². The number of aromatic nitrogens is 1. The van der Waals surface area contributed by atoms with Gasteiger partial charge in [0.25, 0.3) is 0 Å². The Hall–Kier alpha value is -1.62. The van der Waals surface area contributed by atoms with Gasteiger partial charge in [-0.15, -0.1) is 0 Å². The van der Waals surface area contributed by atoms with Gasteiger partial charge in [0, 0.05) is 18.6 Å². The third kappa shape index (κ3) is 3.73. The molecule has 2 heterocycles. The number of carbonyl (C=O) groups excluding carboxylic acids is 1. The van der Waals surface area contributed by atoms with Crippen molar-refractivity contribution < 1.29 is 9.53 Å². The fourth-order valence-corrected chi connectivity index (χ4v) is 2.75. The summed E-state index contributed by atoms with van der Waals surface area (Å²) in [6, 6.07) is 4.60. The minimum Gasteiger partial charge on any atom is -0.465 e. The maximum atomic E-state index is 11.6. The first kappa shape index (κ1) is 15.8. The lowest BCUT2D eigenvalue weighted by atomic mass is 10.1. The number of hydrogen-bond donors (Lipinski definition) is 1. The van der Waals surface area contributed by atoms with E-state index in [1.807, 2.05) is 13.0 Å². The molecule has 0 saturated carbocycles. The number of carbonyl (C=O) groups is 1. The average Bonchev–Trinajstić information content (AvgIpc) is 2.96. The zero-order valence-corrected chi connectivity index (χ0v) is 13.3. The van der Waals surface area contributed by atoms with Crippen molar-refractivity contribution in [2.75, 3.05) is 25.1 Å². The Kier molecular flexibility index (Phi) is 5.17. The Labute approximate surface area is 126 Å². The Morgan fingerprint density at radius 3 is 2.81 bits per heavy atom. The third-order valence-electron chi connectivity index (χ3n) is 3.97. The molecule has 1 saturated heterocycles. The minimum atomic E-state index is -0.333. The predicted octanol–water partition coefficient (Wildman–Crippen LogP) is 2.14. The molecule has 116 valence electrons. The van der Waals surface area contributed by atoms with E-state index in [1.54, 1.807) is 6.07 Å². The van der Waals surface area contributed by atoms with Gasteiger partial charge in [0.1, 0.15) is 5.82 Å². The number of esters is 1. The molecule has 0 spiro atoms. The SMILES string of the molecule is COC(=O)c1ccc(N(CC2CCCN2)C(C)C)nc1C. The van der Waals surface area contributed by atoms with Crippen LogP contribution >= 0.6 is 0 Å². The molecule has 2 rings (SSSR count). The van der Waals surface area contributed by atoms with Crippen molar-refractivity contribution in [1.82, 2.24) is 10.3 Å². The van der Waals surface area contributed by atoms with Crippen LogP contribution in [0.3, 0.4) is 0 Å². The van der Waals surface area contributed by atoms with E-state index in [0.29, 0.717) is 23.3 Å². The number of aryl methyl sites for hydroxylation is 1. The van der Waals surface area contributed by atoms with Crippen LogP contribution < -0.4 is 10.2 Å². The maximum Gasteiger partial charge on any atom is 0.339 e. The molecule has 1 fully saturated rings. The van der Waals surface area contributed by atoms with E-state index in [-0.39, 0.29) is 5.97 Å². The van der Waals surface area contributed by atoms with Crippen molar-refractivity contribution >= 4 is 11.8 Å². The van der Waals surface area contributed by atoms with Crippen LogP contribution in [0.25, 0.3) is 0 Å². The van der Waals surface area contributed by atoms with Crippen LogP contribution in [0.2, 0.25) is 0 Å². The molecule has 1 aromatic heterocycles. The molecule has 1 atom stereocenters. The van der Waals surface area contributed by atoms with Crippen LogP contribution in [-0.4, -0.2) is 43.2 Å². The van der Waals surface area contributed by atoms with E-state index >= 15 is 0 Å². The van der Waals surface area contributed by atoms with Crippen molar-refractivity contribution in [3.63, 3.8) is 0 Å². The first-order valence-corrected chi connectivity index (χ1v) is 7.59. The van der Waals surface area contributed by atoms with Gasteiger partial charge in [-0.05, 0) is 52.3 Å². The van der Waals surface area contributed by atoms with Crippen molar-refractivity contribution in [1.29, 1.82) is 0 Å². The highest BCUT2D eigenvalue weighted by Gasteiger charge is 2.21. The molecule has 21 heavy (non-hydrogen) atoms. The summed E-state index contributed by atoms with van der Waals surface area (Å²) < 4.78 is 4.77. The Balaban J connectivity index is 2.20. The summed E-state index contributed by atoms with van der Waals surface area (Å²) >= 11 is 0. The summed E-state index contributed by atoms with van der Waals surface area (Å²) in [6.07, 6.45) is 2.45. The van der Waals surface area contributed by atoms with Gasteiger partial charge >= 0.3 is 5.97 Å². The molecule has 0 aromatic carbocycles. The van der Waals surface area contributed by atoms with Crippen LogP contribution in [-0.2, 0) is 4.74 Å². The molecule has 1 N–H and O–H groups in total. The second-order valence-electron chi connectivity index (χ2n) is 5.83. The monoisotopic (exact) mass is 291 g/mol. The van der Waals surface area contributed by atoms with Crippen molar-refractivity contribution in [2.45, 2.75) is 45.7 Å². The Morgan fingerprint density at radius 1 is 1.52 bits per heavy atom. The van der Waals surface area contributed by atoms with Crippen molar-refractivity contribution in [2.24, 2.45) is 0 Å². The summed E-state index contributed by atoms with van der Waals surface area (Å²) in [6.45, 7) is 8.23. The van der Waals surface area contributed by atoms with Crippen LogP contribution in [0.5, 0.6) is 0 Å². The molecule has 1 aliphatic rings. The summed E-state index contributed by atoms with van der Waals surface area (Å²) in [7, 11) is 1.39. The lowest BCUT2D eigenvalue weighted by Gasteiger charge is -2.31. The van der Waals surface area contributed by atoms with Crippen molar-refractivity contribution in [3.8, 4) is 0 Å². The molecule has 1 aliphatic heterocycles. The van der Waals surface area contributed by atoms with Gasteiger partial charge in [-0.25, -0.2) is 9.78 Å². The van der Waals surface area contributed by atoms with Gasteiger partial charge in [0.15, 0.2) is 0 Å². The van der Waals surface area contributed by atoms with E-state index in [0.717, 1.165) is 18.9 Å². The average molecular weight is 291 g/mol. The zero-order valence-electron chi connectivity index (χ0n) is 13.3. The zero-order chi connectivity index (χ0) is 15.4. The number of anilines is 1. The molecule has 0 amide bonds. The van der Waals surface area contributed by atoms with E-state index in [2.05, 4.69) is 29.0 Å². The van der Waals surface area contributed by atoms with E-state index in [4.69, 9.17) is 4.74 Å². The molecule has 1 unspecified atom stereocenters. The third-order valence-corrected chi connectivity index (χ3v) is 3.97. The number of rotatable bonds is 5. The van der Waals surface area contributed by atoms with Crippen LogP contribution in [0.4, 0.5) is 5.82 Å². The van der Waals surface area contributed by atoms with E-state index in [1.165, 1.54) is 20.0 Å². The number of nitrogens with one attached hydrogen (secondary N) is 1. The number of hydrogen-bond acceptors (Lipinski definition) is 5. The highest BCUT2D eigenvalue weighted by molar-refractivity contribution is 5.90. The van der Waals surface area contributed by atoms with Gasteiger partial charge in [0.05, 0.1) is 18.4 Å². The van der Waals surface area contributed by atoms with Crippen molar-refractivity contribution in [3.05, 3.63) is 23.4 Å². The number of ether oxygens (including phenoxy) is 1. The molecular formula is C16H25N3O2. The molecule has 0 aliphatic carbocycles. The second-order valence-corrected chi connectivity index (χ2v) is 5.83. The first-order chi connectivity index (χ1) is 10.0. The minimum absolute atomic E-state index is 0.333. The number of nitrogens with zero attached hydrogens (tertiary/aromatic N) is 2. The first-order valence-electron chi connectivity index (χ1n) is 7.59. The Morgan fingerprint density at radius 2 is 2.29 bits per heavy atom. The van der Waals surface area contributed by atoms with Crippen LogP contribution in [0, 0.1) is 6.92 Å². The quantitative estimate of drug-likeness (QED) is 0.842. The van der Waals surface area contributed by atoms with Crippen LogP contribution in [0.15, 0.2) is 12.1 Å². The normalized spacial score (nSPS) is 18.0.